The third kappa shape index (κ3) is 3.62. The Kier molecular flexibility index (Phi) is 4.82. The first-order valence-electron chi connectivity index (χ1n) is 8.35. The molecule has 7 heteroatoms. The molecule has 2 aromatic carbocycles. The maximum atomic E-state index is 12.7. The van der Waals surface area contributed by atoms with Crippen molar-refractivity contribution < 1.29 is 13.2 Å². The van der Waals surface area contributed by atoms with Gasteiger partial charge in [0.15, 0.2) is 0 Å². The van der Waals surface area contributed by atoms with Crippen LogP contribution < -0.4 is 10.0 Å². The molecular formula is C19H21N3O3S. The maximum absolute atomic E-state index is 12.7. The van der Waals surface area contributed by atoms with Crippen molar-refractivity contribution in [3.8, 4) is 0 Å². The zero-order chi connectivity index (χ0) is 18.9. The Bertz CT molecular complexity index is 964. The third-order valence-electron chi connectivity index (χ3n) is 4.15. The van der Waals surface area contributed by atoms with Crippen LogP contribution in [0.25, 0.3) is 0 Å². The third-order valence-corrected chi connectivity index (χ3v) is 5.55. The van der Waals surface area contributed by atoms with E-state index in [1.165, 1.54) is 6.07 Å². The topological polar surface area (TPSA) is 87.6 Å². The van der Waals surface area contributed by atoms with Gasteiger partial charge in [-0.2, -0.15) is 0 Å². The highest BCUT2D eigenvalue weighted by atomic mass is 32.2. The zero-order valence-electron chi connectivity index (χ0n) is 14.9. The molecule has 3 rings (SSSR count). The van der Waals surface area contributed by atoms with Crippen LogP contribution in [0, 0.1) is 12.8 Å². The van der Waals surface area contributed by atoms with Crippen LogP contribution in [-0.2, 0) is 14.8 Å². The number of benzene rings is 2. The highest BCUT2D eigenvalue weighted by Crippen LogP contribution is 2.23. The van der Waals surface area contributed by atoms with E-state index >= 15 is 0 Å². The molecule has 0 spiro atoms. The van der Waals surface area contributed by atoms with E-state index in [-0.39, 0.29) is 22.6 Å². The molecule has 0 aliphatic carbocycles. The number of hydrogen-bond donors (Lipinski definition) is 2. The van der Waals surface area contributed by atoms with E-state index in [0.717, 1.165) is 5.56 Å². The second kappa shape index (κ2) is 6.92. The van der Waals surface area contributed by atoms with Gasteiger partial charge in [-0.1, -0.05) is 43.7 Å². The first-order chi connectivity index (χ1) is 12.3. The van der Waals surface area contributed by atoms with Gasteiger partial charge in [0.25, 0.3) is 10.0 Å². The van der Waals surface area contributed by atoms with E-state index in [2.05, 4.69) is 15.0 Å². The molecule has 1 aliphatic heterocycles. The van der Waals surface area contributed by atoms with Gasteiger partial charge in [-0.3, -0.25) is 14.5 Å². The van der Waals surface area contributed by atoms with Crippen molar-refractivity contribution in [3.05, 3.63) is 59.7 Å². The van der Waals surface area contributed by atoms with Gasteiger partial charge in [-0.25, -0.2) is 8.42 Å². The number of amidine groups is 1. The molecule has 0 bridgehead atoms. The predicted molar refractivity (Wildman–Crippen MR) is 102 cm³/mol. The number of aliphatic imine (C=N–C) groups is 1. The van der Waals surface area contributed by atoms with Crippen LogP contribution in [0.1, 0.15) is 25.0 Å². The van der Waals surface area contributed by atoms with Crippen LogP contribution in [0.2, 0.25) is 0 Å². The smallest absolute Gasteiger partial charge is 0.263 e. The van der Waals surface area contributed by atoms with Gasteiger partial charge in [0, 0.05) is 11.3 Å². The Balaban J connectivity index is 1.91. The van der Waals surface area contributed by atoms with E-state index in [1.807, 2.05) is 45.0 Å². The van der Waals surface area contributed by atoms with Crippen LogP contribution in [0.4, 0.5) is 5.69 Å². The summed E-state index contributed by atoms with van der Waals surface area (Å²) in [5, 5.41) is 2.85. The molecule has 1 heterocycles. The minimum atomic E-state index is -3.63. The van der Waals surface area contributed by atoms with Crippen LogP contribution in [0.15, 0.2) is 58.4 Å². The summed E-state index contributed by atoms with van der Waals surface area (Å²) in [5.41, 5.74) is 2.26. The molecule has 0 unspecified atom stereocenters. The standard InChI is InChI=1S/C19H21N3O3S/c1-12(2)17(19(23)20-14-10-8-13(3)9-11-14)21-18-15-6-4-5-7-16(15)26(24,25)22-18/h4-12,17H,1-3H3,(H,20,23)(H,21,22)/t17-/m0/s1. The fraction of sp³-hybridized carbons (Fsp3) is 0.263. The number of nitrogens with zero attached hydrogens (tertiary/aromatic N) is 1. The van der Waals surface area contributed by atoms with E-state index < -0.39 is 16.1 Å². The molecule has 2 aromatic rings. The number of fused-ring (bicyclic) bond motifs is 1. The summed E-state index contributed by atoms with van der Waals surface area (Å²) in [6.45, 7) is 5.72. The van der Waals surface area contributed by atoms with Gasteiger partial charge in [-0.05, 0) is 37.1 Å². The molecule has 0 fully saturated rings. The van der Waals surface area contributed by atoms with Crippen molar-refractivity contribution in [1.82, 2.24) is 4.72 Å². The summed E-state index contributed by atoms with van der Waals surface area (Å²) in [4.78, 5) is 17.3. The van der Waals surface area contributed by atoms with Gasteiger partial charge in [0.05, 0.1) is 4.90 Å². The Labute approximate surface area is 153 Å². The molecule has 26 heavy (non-hydrogen) atoms. The average molecular weight is 371 g/mol. The SMILES string of the molecule is Cc1ccc(NC(=O)[C@@H](N=C2NS(=O)(=O)c3ccccc32)C(C)C)cc1. The van der Waals surface area contributed by atoms with Crippen molar-refractivity contribution in [2.45, 2.75) is 31.7 Å². The van der Waals surface area contributed by atoms with Crippen LogP contribution >= 0.6 is 0 Å². The van der Waals surface area contributed by atoms with Crippen LogP contribution in [0.3, 0.4) is 0 Å². The van der Waals surface area contributed by atoms with Crippen molar-refractivity contribution in [1.29, 1.82) is 0 Å². The summed E-state index contributed by atoms with van der Waals surface area (Å²) in [6, 6.07) is 13.4. The van der Waals surface area contributed by atoms with Gasteiger partial charge < -0.3 is 5.32 Å². The van der Waals surface area contributed by atoms with E-state index in [9.17, 15) is 13.2 Å². The first kappa shape index (κ1) is 18.1. The second-order valence-electron chi connectivity index (χ2n) is 6.62. The van der Waals surface area contributed by atoms with E-state index in [0.29, 0.717) is 11.3 Å². The Morgan fingerprint density at radius 3 is 2.38 bits per heavy atom. The number of rotatable bonds is 4. The van der Waals surface area contributed by atoms with Gasteiger partial charge >= 0.3 is 0 Å². The molecule has 2 N–H and O–H groups in total. The molecule has 6 nitrogen and oxygen atoms in total. The van der Waals surface area contributed by atoms with Crippen LogP contribution in [-0.4, -0.2) is 26.2 Å². The molecule has 136 valence electrons. The largest absolute Gasteiger partial charge is 0.324 e. The van der Waals surface area contributed by atoms with Crippen molar-refractivity contribution in [2.24, 2.45) is 10.9 Å². The monoisotopic (exact) mass is 371 g/mol. The highest BCUT2D eigenvalue weighted by molar-refractivity contribution is 7.90. The summed E-state index contributed by atoms with van der Waals surface area (Å²) >= 11 is 0. The quantitative estimate of drug-likeness (QED) is 0.866. The number of carbonyl (C=O) groups is 1. The number of sulfonamides is 1. The summed E-state index contributed by atoms with van der Waals surface area (Å²) in [6.07, 6.45) is 0. The van der Waals surface area contributed by atoms with Gasteiger partial charge in [0.1, 0.15) is 11.9 Å². The Morgan fingerprint density at radius 1 is 1.08 bits per heavy atom. The molecule has 1 amide bonds. The highest BCUT2D eigenvalue weighted by Gasteiger charge is 2.32. The molecule has 0 aromatic heterocycles. The Morgan fingerprint density at radius 2 is 1.73 bits per heavy atom. The lowest BCUT2D eigenvalue weighted by Crippen LogP contribution is -2.34. The molecule has 1 aliphatic rings. The predicted octanol–water partition coefficient (Wildman–Crippen LogP) is 2.70. The summed E-state index contributed by atoms with van der Waals surface area (Å²) < 4.78 is 26.9. The normalized spacial score (nSPS) is 17.6. The number of carbonyl (C=O) groups excluding carboxylic acids is 1. The number of hydrogen-bond acceptors (Lipinski definition) is 4. The van der Waals surface area contributed by atoms with Crippen molar-refractivity contribution in [3.63, 3.8) is 0 Å². The minimum Gasteiger partial charge on any atom is -0.324 e. The zero-order valence-corrected chi connectivity index (χ0v) is 15.7. The molecule has 0 radical (unpaired) electrons. The first-order valence-corrected chi connectivity index (χ1v) is 9.84. The summed E-state index contributed by atoms with van der Waals surface area (Å²) in [5.74, 6) is -0.177. The number of amides is 1. The van der Waals surface area contributed by atoms with Crippen LogP contribution in [0.5, 0.6) is 0 Å². The molecular weight excluding hydrogens is 350 g/mol. The average Bonchev–Trinajstić information content (AvgIpc) is 2.85. The van der Waals surface area contributed by atoms with Crippen molar-refractivity contribution in [2.75, 3.05) is 5.32 Å². The van der Waals surface area contributed by atoms with Gasteiger partial charge in [0.2, 0.25) is 5.91 Å². The van der Waals surface area contributed by atoms with Gasteiger partial charge in [-0.15, -0.1) is 0 Å². The molecule has 0 saturated heterocycles. The number of anilines is 1. The lowest BCUT2D eigenvalue weighted by molar-refractivity contribution is -0.118. The van der Waals surface area contributed by atoms with Crippen molar-refractivity contribution >= 4 is 27.5 Å². The lowest BCUT2D eigenvalue weighted by Gasteiger charge is -2.17. The van der Waals surface area contributed by atoms with E-state index in [4.69, 9.17) is 0 Å². The lowest BCUT2D eigenvalue weighted by atomic mass is 10.0. The Hall–Kier alpha value is -2.67. The summed E-state index contributed by atoms with van der Waals surface area (Å²) in [7, 11) is -3.63. The fourth-order valence-corrected chi connectivity index (χ4v) is 3.97. The minimum absolute atomic E-state index is 0.106. The fourth-order valence-electron chi connectivity index (χ4n) is 2.73. The number of aryl methyl sites for hydroxylation is 1. The molecule has 1 atom stereocenters. The molecule has 0 saturated carbocycles. The van der Waals surface area contributed by atoms with E-state index in [1.54, 1.807) is 18.2 Å². The number of nitrogens with one attached hydrogen (secondary N) is 2. The maximum Gasteiger partial charge on any atom is 0.263 e. The second-order valence-corrected chi connectivity index (χ2v) is 8.27.